The Kier molecular flexibility index (Phi) is 5.42. The predicted octanol–water partition coefficient (Wildman–Crippen LogP) is 1.68. The highest BCUT2D eigenvalue weighted by molar-refractivity contribution is 5.17. The molecule has 2 fully saturated rings. The van der Waals surface area contributed by atoms with E-state index in [1.807, 2.05) is 0 Å². The first-order valence-corrected chi connectivity index (χ1v) is 8.20. The van der Waals surface area contributed by atoms with Gasteiger partial charge in [0, 0.05) is 19.1 Å². The zero-order chi connectivity index (χ0) is 14.6. The van der Waals surface area contributed by atoms with Crippen molar-refractivity contribution in [2.24, 2.45) is 5.92 Å². The van der Waals surface area contributed by atoms with Gasteiger partial charge >= 0.3 is 0 Å². The van der Waals surface area contributed by atoms with Crippen molar-refractivity contribution < 1.29 is 0 Å². The van der Waals surface area contributed by atoms with Crippen LogP contribution in [0, 0.1) is 17.2 Å². The number of likely N-dealkylation sites (N-methyl/N-ethyl adjacent to an activating group) is 1. The van der Waals surface area contributed by atoms with Crippen LogP contribution in [0.4, 0.5) is 0 Å². The molecule has 4 nitrogen and oxygen atoms in total. The fourth-order valence-electron chi connectivity index (χ4n) is 3.40. The Morgan fingerprint density at radius 1 is 1.35 bits per heavy atom. The number of nitrogens with one attached hydrogen (secondary N) is 1. The summed E-state index contributed by atoms with van der Waals surface area (Å²) in [5.41, 5.74) is -0.312. The molecule has 4 heteroatoms. The monoisotopic (exact) mass is 278 g/mol. The lowest BCUT2D eigenvalue weighted by Crippen LogP contribution is -2.56. The summed E-state index contributed by atoms with van der Waals surface area (Å²) < 4.78 is 0. The summed E-state index contributed by atoms with van der Waals surface area (Å²) in [4.78, 5) is 4.95. The van der Waals surface area contributed by atoms with Gasteiger partial charge in [-0.15, -0.1) is 0 Å². The van der Waals surface area contributed by atoms with Gasteiger partial charge in [0.15, 0.2) is 0 Å². The molecule has 1 N–H and O–H groups in total. The number of hydrogen-bond donors (Lipinski definition) is 1. The highest BCUT2D eigenvalue weighted by atomic mass is 15.3. The lowest BCUT2D eigenvalue weighted by atomic mass is 9.93. The van der Waals surface area contributed by atoms with Crippen LogP contribution in [0.1, 0.15) is 39.5 Å². The smallest absolute Gasteiger partial charge is 0.122 e. The fraction of sp³-hybridized carbons (Fsp3) is 0.938. The molecule has 0 aromatic rings. The van der Waals surface area contributed by atoms with E-state index in [1.54, 1.807) is 0 Å². The number of hydrogen-bond acceptors (Lipinski definition) is 4. The normalized spacial score (nSPS) is 28.6. The molecule has 1 heterocycles. The molecule has 2 unspecified atom stereocenters. The summed E-state index contributed by atoms with van der Waals surface area (Å²) in [7, 11) is 2.20. The van der Waals surface area contributed by atoms with Crippen LogP contribution >= 0.6 is 0 Å². The van der Waals surface area contributed by atoms with E-state index in [-0.39, 0.29) is 5.54 Å². The summed E-state index contributed by atoms with van der Waals surface area (Å²) in [5.74, 6) is 0.562. The van der Waals surface area contributed by atoms with Crippen molar-refractivity contribution in [3.63, 3.8) is 0 Å². The van der Waals surface area contributed by atoms with Crippen LogP contribution < -0.4 is 5.32 Å². The molecule has 0 amide bonds. The number of nitrogens with zero attached hydrogens (tertiary/aromatic N) is 3. The van der Waals surface area contributed by atoms with Crippen LogP contribution in [0.25, 0.3) is 0 Å². The second-order valence-corrected chi connectivity index (χ2v) is 6.72. The topological polar surface area (TPSA) is 42.3 Å². The Labute approximate surface area is 124 Å². The van der Waals surface area contributed by atoms with Crippen molar-refractivity contribution in [1.82, 2.24) is 15.1 Å². The maximum absolute atomic E-state index is 9.80. The highest BCUT2D eigenvalue weighted by Gasteiger charge is 2.46. The van der Waals surface area contributed by atoms with Gasteiger partial charge in [-0.25, -0.2) is 0 Å². The van der Waals surface area contributed by atoms with Gasteiger partial charge in [0.05, 0.1) is 6.07 Å². The summed E-state index contributed by atoms with van der Waals surface area (Å²) in [6, 6.07) is 3.18. The zero-order valence-corrected chi connectivity index (χ0v) is 13.4. The molecular formula is C16H30N4. The van der Waals surface area contributed by atoms with E-state index >= 15 is 0 Å². The van der Waals surface area contributed by atoms with Crippen molar-refractivity contribution >= 4 is 0 Å². The quantitative estimate of drug-likeness (QED) is 0.803. The predicted molar refractivity (Wildman–Crippen MR) is 82.5 cm³/mol. The van der Waals surface area contributed by atoms with Crippen molar-refractivity contribution in [2.45, 2.75) is 51.1 Å². The molecule has 114 valence electrons. The molecule has 0 bridgehead atoms. The van der Waals surface area contributed by atoms with Gasteiger partial charge in [0.25, 0.3) is 0 Å². The van der Waals surface area contributed by atoms with Gasteiger partial charge in [-0.1, -0.05) is 6.92 Å². The first-order chi connectivity index (χ1) is 9.61. The number of rotatable bonds is 6. The van der Waals surface area contributed by atoms with E-state index in [0.29, 0.717) is 12.0 Å². The molecule has 1 aliphatic heterocycles. The van der Waals surface area contributed by atoms with Crippen LogP contribution in [0.15, 0.2) is 0 Å². The maximum Gasteiger partial charge on any atom is 0.122 e. The van der Waals surface area contributed by atoms with Crippen LogP contribution in [-0.4, -0.2) is 61.2 Å². The van der Waals surface area contributed by atoms with Gasteiger partial charge in [-0.2, -0.15) is 5.26 Å². The molecule has 1 saturated heterocycles. The van der Waals surface area contributed by atoms with E-state index in [4.69, 9.17) is 0 Å². The van der Waals surface area contributed by atoms with Crippen LogP contribution in [0.2, 0.25) is 0 Å². The molecule has 0 aromatic carbocycles. The minimum atomic E-state index is -0.312. The van der Waals surface area contributed by atoms with Crippen molar-refractivity contribution in [3.8, 4) is 6.07 Å². The standard InChI is InChI=1S/C16H30N4/c1-4-8-18-16(12-17,15-6-7-15)13-20-10-5-9-19(3)11-14(20)2/h14-15,18H,4-11,13H2,1-3H3. The summed E-state index contributed by atoms with van der Waals surface area (Å²) in [5, 5.41) is 13.4. The van der Waals surface area contributed by atoms with Crippen molar-refractivity contribution in [2.75, 3.05) is 39.8 Å². The average Bonchev–Trinajstić information content (AvgIpc) is 3.26. The molecular weight excluding hydrogens is 248 g/mol. The lowest BCUT2D eigenvalue weighted by molar-refractivity contribution is 0.152. The Morgan fingerprint density at radius 3 is 2.70 bits per heavy atom. The fourth-order valence-corrected chi connectivity index (χ4v) is 3.40. The van der Waals surface area contributed by atoms with E-state index in [9.17, 15) is 5.26 Å². The van der Waals surface area contributed by atoms with Gasteiger partial charge in [0.2, 0.25) is 0 Å². The van der Waals surface area contributed by atoms with Gasteiger partial charge in [-0.05, 0) is 65.2 Å². The second-order valence-electron chi connectivity index (χ2n) is 6.72. The molecule has 1 aliphatic carbocycles. The molecule has 2 aliphatic rings. The Morgan fingerprint density at radius 2 is 2.10 bits per heavy atom. The molecule has 1 saturated carbocycles. The molecule has 0 aromatic heterocycles. The van der Waals surface area contributed by atoms with Crippen LogP contribution in [0.5, 0.6) is 0 Å². The first-order valence-electron chi connectivity index (χ1n) is 8.20. The highest BCUT2D eigenvalue weighted by Crippen LogP contribution is 2.40. The van der Waals surface area contributed by atoms with Crippen LogP contribution in [0.3, 0.4) is 0 Å². The third-order valence-corrected chi connectivity index (χ3v) is 4.80. The third-order valence-electron chi connectivity index (χ3n) is 4.80. The average molecular weight is 278 g/mol. The van der Waals surface area contributed by atoms with Gasteiger partial charge in [0.1, 0.15) is 5.54 Å². The summed E-state index contributed by atoms with van der Waals surface area (Å²) in [6.45, 7) is 9.72. The number of nitriles is 1. The second kappa shape index (κ2) is 6.89. The summed E-state index contributed by atoms with van der Waals surface area (Å²) >= 11 is 0. The summed E-state index contributed by atoms with van der Waals surface area (Å²) in [6.07, 6.45) is 4.73. The van der Waals surface area contributed by atoms with Crippen molar-refractivity contribution in [1.29, 1.82) is 5.26 Å². The Hall–Kier alpha value is -0.630. The molecule has 2 rings (SSSR count). The zero-order valence-electron chi connectivity index (χ0n) is 13.4. The molecule has 20 heavy (non-hydrogen) atoms. The van der Waals surface area contributed by atoms with Gasteiger partial charge in [-0.3, -0.25) is 10.2 Å². The van der Waals surface area contributed by atoms with E-state index in [2.05, 4.69) is 42.1 Å². The first kappa shape index (κ1) is 15.8. The minimum absolute atomic E-state index is 0.312. The SMILES string of the molecule is CCCNC(C#N)(CN1CCCN(C)CC1C)C1CC1. The Balaban J connectivity index is 2.04. The van der Waals surface area contributed by atoms with E-state index in [1.165, 1.54) is 25.8 Å². The van der Waals surface area contributed by atoms with E-state index < -0.39 is 0 Å². The molecule has 0 spiro atoms. The van der Waals surface area contributed by atoms with Gasteiger partial charge < -0.3 is 4.90 Å². The lowest BCUT2D eigenvalue weighted by Gasteiger charge is -2.37. The largest absolute Gasteiger partial charge is 0.305 e. The van der Waals surface area contributed by atoms with Crippen LogP contribution in [-0.2, 0) is 0 Å². The van der Waals surface area contributed by atoms with Crippen molar-refractivity contribution in [3.05, 3.63) is 0 Å². The molecule has 0 radical (unpaired) electrons. The maximum atomic E-state index is 9.80. The molecule has 2 atom stereocenters. The third kappa shape index (κ3) is 3.72. The minimum Gasteiger partial charge on any atom is -0.305 e. The van der Waals surface area contributed by atoms with E-state index in [0.717, 1.165) is 32.6 Å². The Bertz CT molecular complexity index is 347.